The molecule has 0 aromatic carbocycles. The van der Waals surface area contributed by atoms with Crippen LogP contribution in [-0.2, 0) is 99.4 Å². The zero-order chi connectivity index (χ0) is 71.6. The van der Waals surface area contributed by atoms with Crippen LogP contribution in [-0.4, -0.2) is 176 Å². The molecule has 0 spiro atoms. The van der Waals surface area contributed by atoms with Crippen molar-refractivity contribution in [1.29, 1.82) is 0 Å². The van der Waals surface area contributed by atoms with Gasteiger partial charge in [-0.2, -0.15) is 27.2 Å². The number of nitrogens with two attached hydrogens (primary N) is 2. The van der Waals surface area contributed by atoms with Crippen LogP contribution in [0.25, 0.3) is 0 Å². The standard InChI is InChI=1S/2C18H27N5O21P4.4Na/c2*19-11-1-3-22(17(28)20-11)13-5-8(24)9(40-13)6-38-46(33,34)43-48(37,42-45(30,31)32)44-47(35,36)39-7-10-14(26)15(27)16(41-10)23-4-2-12(25)21-18(23)29;;;;/h2*1-4,8-10,13-16,24,26-27H,5-7H2,(H,33,34)(H,35,36)(H2,19,20,28)(H,21,25,29)(H2,30,31,32);;;;/q;;4*+1/p-4/t2*8-,9?,10+,13+,14+,15+,16+,48?;;;;/m00..../s1. The van der Waals surface area contributed by atoms with Gasteiger partial charge in [-0.15, -0.1) is 0 Å². The number of aromatic nitrogens is 8. The molecule has 0 saturated carbocycles. The summed E-state index contributed by atoms with van der Waals surface area (Å²) in [4.78, 5) is 166. The third-order valence-corrected chi connectivity index (χ3v) is 24.1. The minimum Gasteiger partial charge on any atom is -0.789 e. The molecule has 4 aromatic rings. The van der Waals surface area contributed by atoms with E-state index in [1.165, 1.54) is 24.5 Å². The third-order valence-electron chi connectivity index (χ3n) is 12.5. The molecule has 20 atom stereocenters. The molecule has 100 heavy (non-hydrogen) atoms. The molecule has 64 heteroatoms. The fourth-order valence-corrected chi connectivity index (χ4v) is 18.8. The molecule has 4 fully saturated rings. The van der Waals surface area contributed by atoms with E-state index in [-0.39, 0.29) is 143 Å². The van der Waals surface area contributed by atoms with Crippen LogP contribution in [0.1, 0.15) is 37.8 Å². The predicted octanol–water partition coefficient (Wildman–Crippen LogP) is -20.3. The van der Waals surface area contributed by atoms with Gasteiger partial charge < -0.3 is 109 Å². The van der Waals surface area contributed by atoms with Crippen molar-refractivity contribution in [3.05, 3.63) is 112 Å². The minimum atomic E-state index is -6.52. The summed E-state index contributed by atoms with van der Waals surface area (Å²) in [5.74, 6) is -0.254. The molecule has 8 unspecified atom stereocenters. The minimum absolute atomic E-state index is 0. The first-order chi connectivity index (χ1) is 44.1. The van der Waals surface area contributed by atoms with Crippen LogP contribution in [0.4, 0.5) is 11.6 Å². The summed E-state index contributed by atoms with van der Waals surface area (Å²) < 4.78 is 163. The Morgan fingerprint density at radius 1 is 0.440 bits per heavy atom. The van der Waals surface area contributed by atoms with Crippen LogP contribution in [0, 0.1) is 0 Å². The number of aromatic amines is 2. The fraction of sp³-hybridized carbons (Fsp3) is 0.556. The van der Waals surface area contributed by atoms with Crippen LogP contribution in [0.2, 0.25) is 0 Å². The Kier molecular flexibility index (Phi) is 35.3. The molecule has 4 aliphatic heterocycles. The van der Waals surface area contributed by atoms with Gasteiger partial charge in [-0.05, 0) is 12.1 Å². The average Bonchev–Trinajstić information content (AvgIpc) is 1.47. The largest absolute Gasteiger partial charge is 1.00 e. The number of aliphatic hydroxyl groups excluding tert-OH is 6. The second kappa shape index (κ2) is 37.7. The number of H-pyrrole nitrogens is 2. The SMILES string of the molecule is Nc1ccn([C@H]2C[C@H](O)C(COP(=O)(O)OP(=O)(OP(=O)([O-])[O-])OP(=O)(O)OC[C@H]3O[C@@H](n4ccc(=O)[nH]c4=O)[C@H](O)[C@@H]3O)O2)c(=O)n1.Nc1ccn([C@H]2C[C@H](O)C(COP(=O)(O)OP(=O)(OP(=O)([O-])[O-])OP(=O)(O)OC[C@H]3O[C@@H](n4ccc(=O)[nH]c4=O)[C@H](O)[C@@H]3O)O2)c(=O)n1.[Na+].[Na+].[Na+].[Na+]. The van der Waals surface area contributed by atoms with Crippen molar-refractivity contribution < 1.29 is 287 Å². The van der Waals surface area contributed by atoms with Gasteiger partial charge in [0.15, 0.2) is 12.5 Å². The van der Waals surface area contributed by atoms with Gasteiger partial charge in [-0.1, -0.05) is 0 Å². The fourth-order valence-electron chi connectivity index (χ4n) is 8.42. The van der Waals surface area contributed by atoms with Gasteiger partial charge in [-0.3, -0.25) is 64.5 Å². The van der Waals surface area contributed by atoms with Gasteiger partial charge in [0, 0.05) is 49.8 Å². The molecule has 16 N–H and O–H groups in total. The van der Waals surface area contributed by atoms with Crippen molar-refractivity contribution in [2.45, 2.75) is 98.8 Å². The molecule has 4 aliphatic rings. The summed E-state index contributed by atoms with van der Waals surface area (Å²) in [6.07, 6.45) is -19.6. The van der Waals surface area contributed by atoms with Crippen molar-refractivity contribution in [3.63, 3.8) is 0 Å². The summed E-state index contributed by atoms with van der Waals surface area (Å²) in [7, 11) is -49.8. The molecule has 0 amide bonds. The summed E-state index contributed by atoms with van der Waals surface area (Å²) in [6.45, 7) is -4.77. The van der Waals surface area contributed by atoms with E-state index in [1.54, 1.807) is 0 Å². The zero-order valence-corrected chi connectivity index (χ0v) is 66.1. The summed E-state index contributed by atoms with van der Waals surface area (Å²) in [5.41, 5.74) is 5.20. The Morgan fingerprint density at radius 2 is 0.720 bits per heavy atom. The van der Waals surface area contributed by atoms with Gasteiger partial charge in [-0.25, -0.2) is 46.6 Å². The molecule has 540 valence electrons. The third kappa shape index (κ3) is 26.9. The van der Waals surface area contributed by atoms with Gasteiger partial charge in [0.2, 0.25) is 0 Å². The maximum atomic E-state index is 12.9. The number of nitrogens with one attached hydrogen (secondary N) is 2. The van der Waals surface area contributed by atoms with Crippen molar-refractivity contribution in [2.75, 3.05) is 37.9 Å². The summed E-state index contributed by atoms with van der Waals surface area (Å²) in [5, 5.41) is 61.4. The first-order valence-corrected chi connectivity index (χ1v) is 37.4. The van der Waals surface area contributed by atoms with E-state index in [9.17, 15) is 135 Å². The van der Waals surface area contributed by atoms with Crippen LogP contribution in [0.5, 0.6) is 0 Å². The van der Waals surface area contributed by atoms with Gasteiger partial charge in [0.25, 0.3) is 11.1 Å². The molecule has 4 aromatic heterocycles. The van der Waals surface area contributed by atoms with Crippen LogP contribution >= 0.6 is 62.6 Å². The maximum Gasteiger partial charge on any atom is 1.00 e. The Hall–Kier alpha value is -0.560. The number of nitrogens with zero attached hydrogens (tertiary/aromatic N) is 6. The first kappa shape index (κ1) is 93.6. The van der Waals surface area contributed by atoms with E-state index in [0.29, 0.717) is 9.13 Å². The van der Waals surface area contributed by atoms with Gasteiger partial charge in [0.05, 0.1) is 54.3 Å². The number of hydrogen-bond donors (Lipinski definition) is 14. The van der Waals surface area contributed by atoms with E-state index >= 15 is 0 Å². The number of aliphatic hydroxyl groups is 6. The number of anilines is 2. The average molecular weight is 1630 g/mol. The summed E-state index contributed by atoms with van der Waals surface area (Å²) in [6, 6.07) is 4.17. The number of phosphoric acid groups is 8. The van der Waals surface area contributed by atoms with Crippen LogP contribution < -0.4 is 183 Å². The second-order valence-electron chi connectivity index (χ2n) is 19.4. The molecule has 8 rings (SSSR count). The Balaban J connectivity index is 0.000000500. The van der Waals surface area contributed by atoms with E-state index in [4.69, 9.17) is 30.4 Å². The normalized spacial score (nSPS) is 28.8. The topological polar surface area (TPSA) is 792 Å². The maximum absolute atomic E-state index is 12.9. The van der Waals surface area contributed by atoms with Crippen molar-refractivity contribution in [3.8, 4) is 0 Å². The van der Waals surface area contributed by atoms with E-state index in [0.717, 1.165) is 33.7 Å². The van der Waals surface area contributed by atoms with E-state index in [1.807, 2.05) is 9.97 Å². The molecule has 4 saturated heterocycles. The summed E-state index contributed by atoms with van der Waals surface area (Å²) >= 11 is 0. The Labute approximate surface area is 642 Å². The number of phosphoric ester groups is 4. The molecule has 52 nitrogen and oxygen atoms in total. The predicted molar refractivity (Wildman–Crippen MR) is 289 cm³/mol. The van der Waals surface area contributed by atoms with Crippen molar-refractivity contribution in [1.82, 2.24) is 38.2 Å². The molecule has 8 heterocycles. The molecular weight excluding hydrogens is 1580 g/mol. The van der Waals surface area contributed by atoms with Crippen molar-refractivity contribution in [2.24, 2.45) is 0 Å². The smallest absolute Gasteiger partial charge is 0.789 e. The van der Waals surface area contributed by atoms with Crippen LogP contribution in [0.3, 0.4) is 0 Å². The second-order valence-corrected chi connectivity index (χ2v) is 31.7. The van der Waals surface area contributed by atoms with E-state index < -0.39 is 209 Å². The molecule has 0 radical (unpaired) electrons. The number of ether oxygens (including phenoxy) is 4. The monoisotopic (exact) mass is 1630 g/mol. The molecular formula is C36H50N10Na4O42P8. The Morgan fingerprint density at radius 3 is 0.990 bits per heavy atom. The van der Waals surface area contributed by atoms with Crippen molar-refractivity contribution >= 4 is 74.2 Å². The quantitative estimate of drug-likeness (QED) is 0.0185. The first-order valence-electron chi connectivity index (χ1n) is 25.6. The van der Waals surface area contributed by atoms with Gasteiger partial charge in [0.1, 0.15) is 72.9 Å². The zero-order valence-electron chi connectivity index (χ0n) is 50.9. The van der Waals surface area contributed by atoms with Gasteiger partial charge >= 0.3 is 188 Å². The number of hydrogen-bond acceptors (Lipinski definition) is 42. The van der Waals surface area contributed by atoms with Crippen LogP contribution in [0.15, 0.2) is 77.8 Å². The van der Waals surface area contributed by atoms with E-state index in [2.05, 4.69) is 53.9 Å². The number of nitrogen functional groups attached to an aromatic ring is 2. The number of rotatable bonds is 28. The molecule has 0 bridgehead atoms. The molecule has 0 aliphatic carbocycles. The Bertz CT molecular complexity index is 4010.